The molecule has 7 aromatic rings. The van der Waals surface area contributed by atoms with Crippen molar-refractivity contribution in [3.63, 3.8) is 0 Å². The van der Waals surface area contributed by atoms with Gasteiger partial charge in [0.2, 0.25) is 0 Å². The third-order valence-electron chi connectivity index (χ3n) is 9.07. The van der Waals surface area contributed by atoms with Gasteiger partial charge in [0, 0.05) is 43.7 Å². The predicted molar refractivity (Wildman–Crippen MR) is 200 cm³/mol. The summed E-state index contributed by atoms with van der Waals surface area (Å²) in [6.45, 7) is 2.19. The quantitative estimate of drug-likeness (QED) is 0.111. The number of thiol groups is 1. The molecule has 2 aromatic heterocycles. The third kappa shape index (κ3) is 4.63. The Hall–Kier alpha value is -5.12. The van der Waals surface area contributed by atoms with Crippen LogP contribution in [0.4, 0.5) is 0 Å². The van der Waals surface area contributed by atoms with E-state index in [2.05, 4.69) is 168 Å². The van der Waals surface area contributed by atoms with Crippen molar-refractivity contribution in [3.8, 4) is 16.8 Å². The fourth-order valence-electron chi connectivity index (χ4n) is 7.02. The number of benzene rings is 5. The number of fused-ring (bicyclic) bond motifs is 6. The fourth-order valence-corrected chi connectivity index (χ4v) is 7.56. The minimum absolute atomic E-state index is 0.978. The van der Waals surface area contributed by atoms with Crippen LogP contribution in [-0.4, -0.2) is 15.0 Å². The van der Waals surface area contributed by atoms with Crippen LogP contribution in [0.1, 0.15) is 30.2 Å². The molecule has 5 aromatic carbocycles. The van der Waals surface area contributed by atoms with Crippen molar-refractivity contribution in [2.45, 2.75) is 19.8 Å². The first-order chi connectivity index (χ1) is 22.2. The number of allylic oxidation sites excluding steroid dienone is 4. The summed E-state index contributed by atoms with van der Waals surface area (Å²) in [4.78, 5) is 1.19. The van der Waals surface area contributed by atoms with Crippen molar-refractivity contribution in [1.29, 1.82) is 0 Å². The average molecular weight is 599 g/mol. The van der Waals surface area contributed by atoms with Crippen molar-refractivity contribution in [1.82, 2.24) is 9.13 Å². The van der Waals surface area contributed by atoms with Gasteiger partial charge >= 0.3 is 0 Å². The SMILES string of the molecule is C=[SH]/C(=C\C=C(/C)n1c2ccccc2c2ccccc21)c1ccccc1-c1ccc(-n2c3c(c4ccccc42)C=CCC3)cc1. The van der Waals surface area contributed by atoms with E-state index in [1.54, 1.807) is 0 Å². The first kappa shape index (κ1) is 27.4. The standard InChI is InChI=1S/C42H34N2S/c1-29(43-38-19-9-5-14-33(38)34-15-6-10-20-39(34)43)23-28-42(45-2)37-18-4-3-13-32(37)30-24-26-31(27-25-30)44-40-21-11-7-16-35(40)36-17-8-12-22-41(36)44/h3-11,13-21,23-28,45H,2,12,22H2,1H3/b29-23+,42-28-. The van der Waals surface area contributed by atoms with Gasteiger partial charge in [-0.2, -0.15) is 11.4 Å². The van der Waals surface area contributed by atoms with Crippen LogP contribution in [0, 0.1) is 0 Å². The molecule has 3 heteroatoms. The summed E-state index contributed by atoms with van der Waals surface area (Å²) >= 11 is 0.978. The highest BCUT2D eigenvalue weighted by molar-refractivity contribution is 8.05. The van der Waals surface area contributed by atoms with Crippen molar-refractivity contribution in [2.24, 2.45) is 0 Å². The lowest BCUT2D eigenvalue weighted by molar-refractivity contribution is 0.888. The molecule has 0 saturated heterocycles. The van der Waals surface area contributed by atoms with E-state index < -0.39 is 0 Å². The van der Waals surface area contributed by atoms with Crippen LogP contribution in [0.3, 0.4) is 0 Å². The molecule has 0 amide bonds. The molecule has 0 aliphatic heterocycles. The largest absolute Gasteiger partial charge is 0.313 e. The molecule has 0 saturated carbocycles. The van der Waals surface area contributed by atoms with Gasteiger partial charge in [0.05, 0.1) is 16.6 Å². The van der Waals surface area contributed by atoms with Crippen molar-refractivity contribution in [3.05, 3.63) is 156 Å². The molecule has 2 heterocycles. The van der Waals surface area contributed by atoms with E-state index in [-0.39, 0.29) is 0 Å². The topological polar surface area (TPSA) is 9.86 Å². The molecular formula is C42H34N2S. The Morgan fingerprint density at radius 2 is 1.31 bits per heavy atom. The number of aromatic nitrogens is 2. The maximum absolute atomic E-state index is 4.31. The van der Waals surface area contributed by atoms with E-state index in [0.717, 1.165) is 24.2 Å². The lowest BCUT2D eigenvalue weighted by Gasteiger charge is -2.15. The molecular weight excluding hydrogens is 565 g/mol. The van der Waals surface area contributed by atoms with Gasteiger partial charge in [-0.1, -0.05) is 109 Å². The summed E-state index contributed by atoms with van der Waals surface area (Å²) < 4.78 is 4.81. The van der Waals surface area contributed by atoms with Crippen LogP contribution in [0.25, 0.3) is 66.2 Å². The Bertz CT molecular complexity index is 2290. The van der Waals surface area contributed by atoms with Crippen LogP contribution >= 0.6 is 11.4 Å². The maximum Gasteiger partial charge on any atom is 0.0537 e. The Labute approximate surface area is 267 Å². The van der Waals surface area contributed by atoms with Gasteiger partial charge in [-0.3, -0.25) is 0 Å². The first-order valence-electron chi connectivity index (χ1n) is 15.6. The molecule has 0 atom stereocenters. The van der Waals surface area contributed by atoms with Crippen LogP contribution < -0.4 is 0 Å². The highest BCUT2D eigenvalue weighted by atomic mass is 32.1. The average Bonchev–Trinajstić information content (AvgIpc) is 3.62. The third-order valence-corrected chi connectivity index (χ3v) is 9.80. The van der Waals surface area contributed by atoms with Gasteiger partial charge in [-0.05, 0) is 78.9 Å². The van der Waals surface area contributed by atoms with E-state index in [1.807, 2.05) is 0 Å². The van der Waals surface area contributed by atoms with E-state index in [4.69, 9.17) is 0 Å². The molecule has 45 heavy (non-hydrogen) atoms. The van der Waals surface area contributed by atoms with Crippen molar-refractivity contribution >= 4 is 66.6 Å². The Morgan fingerprint density at radius 3 is 2.02 bits per heavy atom. The summed E-state index contributed by atoms with van der Waals surface area (Å²) in [5, 5.41) is 3.88. The summed E-state index contributed by atoms with van der Waals surface area (Å²) in [5.74, 6) is 4.31. The Balaban J connectivity index is 1.18. The van der Waals surface area contributed by atoms with Crippen LogP contribution in [0.15, 0.2) is 140 Å². The molecule has 0 fully saturated rings. The summed E-state index contributed by atoms with van der Waals surface area (Å²) in [7, 11) is 0. The minimum atomic E-state index is 0.978. The molecule has 0 bridgehead atoms. The maximum atomic E-state index is 4.31. The van der Waals surface area contributed by atoms with Gasteiger partial charge in [0.25, 0.3) is 0 Å². The second-order valence-corrected chi connectivity index (χ2v) is 12.4. The number of rotatable bonds is 6. The molecule has 218 valence electrons. The second-order valence-electron chi connectivity index (χ2n) is 11.6. The van der Waals surface area contributed by atoms with Gasteiger partial charge in [0.15, 0.2) is 0 Å². The van der Waals surface area contributed by atoms with Gasteiger partial charge in [-0.25, -0.2) is 0 Å². The molecule has 1 aliphatic rings. The van der Waals surface area contributed by atoms with Gasteiger partial charge in [0.1, 0.15) is 0 Å². The summed E-state index contributed by atoms with van der Waals surface area (Å²) in [6.07, 6.45) is 11.2. The van der Waals surface area contributed by atoms with Crippen molar-refractivity contribution in [2.75, 3.05) is 0 Å². The van der Waals surface area contributed by atoms with E-state index in [1.165, 1.54) is 76.9 Å². The van der Waals surface area contributed by atoms with E-state index >= 15 is 0 Å². The molecule has 0 radical (unpaired) electrons. The predicted octanol–water partition coefficient (Wildman–Crippen LogP) is 11.2. The zero-order chi connectivity index (χ0) is 30.3. The molecule has 0 N–H and O–H groups in total. The lowest BCUT2D eigenvalue weighted by atomic mass is 9.98. The monoisotopic (exact) mass is 598 g/mol. The summed E-state index contributed by atoms with van der Waals surface area (Å²) in [6, 6.07) is 43.9. The van der Waals surface area contributed by atoms with Crippen LogP contribution in [0.2, 0.25) is 0 Å². The molecule has 0 unspecified atom stereocenters. The molecule has 0 spiro atoms. The first-order valence-corrected chi connectivity index (χ1v) is 16.6. The normalized spacial score (nSPS) is 13.6. The fraction of sp³-hybridized carbons (Fsp3) is 0.0714. The Morgan fingerprint density at radius 1 is 0.689 bits per heavy atom. The van der Waals surface area contributed by atoms with E-state index in [9.17, 15) is 0 Å². The lowest BCUT2D eigenvalue weighted by Crippen LogP contribution is -2.02. The Kier molecular flexibility index (Phi) is 6.96. The molecule has 2 nitrogen and oxygen atoms in total. The highest BCUT2D eigenvalue weighted by Gasteiger charge is 2.18. The van der Waals surface area contributed by atoms with Gasteiger partial charge in [-0.15, -0.1) is 0 Å². The number of para-hydroxylation sites is 3. The van der Waals surface area contributed by atoms with Crippen molar-refractivity contribution < 1.29 is 0 Å². The van der Waals surface area contributed by atoms with Crippen LogP contribution in [0.5, 0.6) is 0 Å². The minimum Gasteiger partial charge on any atom is -0.313 e. The number of hydrogen-bond acceptors (Lipinski definition) is 0. The van der Waals surface area contributed by atoms with Crippen LogP contribution in [-0.2, 0) is 6.42 Å². The highest BCUT2D eigenvalue weighted by Crippen LogP contribution is 2.37. The number of nitrogens with zero attached hydrogens (tertiary/aromatic N) is 2. The smallest absolute Gasteiger partial charge is 0.0537 e. The molecule has 8 rings (SSSR count). The zero-order valence-electron chi connectivity index (χ0n) is 25.3. The number of hydrogen-bond donors (Lipinski definition) is 1. The van der Waals surface area contributed by atoms with Gasteiger partial charge < -0.3 is 9.13 Å². The second kappa shape index (κ2) is 11.4. The summed E-state index contributed by atoms with van der Waals surface area (Å²) in [5.41, 5.74) is 12.5. The van der Waals surface area contributed by atoms with E-state index in [0.29, 0.717) is 0 Å². The zero-order valence-corrected chi connectivity index (χ0v) is 26.2. The molecule has 1 aliphatic carbocycles.